The summed E-state index contributed by atoms with van der Waals surface area (Å²) in [6.45, 7) is 0. The molecular formula is C10H17ClN2. The molecule has 0 saturated heterocycles. The Balaban J connectivity index is 1.87. The fraction of sp³-hybridized carbons (Fsp3) is 1.00. The predicted octanol–water partition coefficient (Wildman–Crippen LogP) is 3.89. The molecule has 0 aromatic heterocycles. The molecule has 2 rings (SSSR count). The molecule has 2 fully saturated rings. The Morgan fingerprint density at radius 3 is 2.23 bits per heavy atom. The highest BCUT2D eigenvalue weighted by Gasteiger charge is 2.31. The number of halogens is 1. The van der Waals surface area contributed by atoms with E-state index < -0.39 is 0 Å². The molecule has 0 bridgehead atoms. The van der Waals surface area contributed by atoms with Crippen molar-refractivity contribution in [3.63, 3.8) is 0 Å². The molecule has 0 radical (unpaired) electrons. The van der Waals surface area contributed by atoms with Gasteiger partial charge in [0, 0.05) is 0 Å². The molecule has 0 aromatic rings. The summed E-state index contributed by atoms with van der Waals surface area (Å²) in [5.74, 6) is 0. The fourth-order valence-corrected chi connectivity index (χ4v) is 2.53. The van der Waals surface area contributed by atoms with E-state index in [9.17, 15) is 0 Å². The molecule has 2 aliphatic rings. The molecular weight excluding hydrogens is 184 g/mol. The Hall–Kier alpha value is -0.110. The van der Waals surface area contributed by atoms with Crippen LogP contribution in [-0.2, 0) is 0 Å². The van der Waals surface area contributed by atoms with Crippen molar-refractivity contribution in [3.8, 4) is 0 Å². The summed E-state index contributed by atoms with van der Waals surface area (Å²) in [5, 5.41) is 8.70. The zero-order chi connectivity index (χ0) is 9.15. The third-order valence-corrected chi connectivity index (χ3v) is 3.55. The first-order valence-electron chi connectivity index (χ1n) is 5.39. The molecule has 74 valence electrons. The topological polar surface area (TPSA) is 24.7 Å². The van der Waals surface area contributed by atoms with Crippen LogP contribution < -0.4 is 0 Å². The van der Waals surface area contributed by atoms with Gasteiger partial charge in [-0.1, -0.05) is 24.4 Å². The van der Waals surface area contributed by atoms with Crippen molar-refractivity contribution in [3.05, 3.63) is 0 Å². The Bertz CT molecular complexity index is 191. The van der Waals surface area contributed by atoms with Gasteiger partial charge in [-0.3, -0.25) is 0 Å². The largest absolute Gasteiger partial charge is 0.189 e. The Kier molecular flexibility index (Phi) is 2.87. The van der Waals surface area contributed by atoms with E-state index in [-0.39, 0.29) is 5.00 Å². The summed E-state index contributed by atoms with van der Waals surface area (Å²) in [6, 6.07) is 0.483. The van der Waals surface area contributed by atoms with Gasteiger partial charge in [-0.25, -0.2) is 0 Å². The maximum atomic E-state index is 6.29. The third kappa shape index (κ3) is 2.43. The zero-order valence-corrected chi connectivity index (χ0v) is 8.76. The summed E-state index contributed by atoms with van der Waals surface area (Å²) in [5.41, 5.74) is 0. The number of nitrogens with zero attached hydrogens (tertiary/aromatic N) is 2. The van der Waals surface area contributed by atoms with Crippen molar-refractivity contribution in [1.82, 2.24) is 0 Å². The first-order valence-corrected chi connectivity index (χ1v) is 5.77. The fourth-order valence-electron chi connectivity index (χ4n) is 2.22. The number of hydrogen-bond acceptors (Lipinski definition) is 2. The van der Waals surface area contributed by atoms with Gasteiger partial charge in [-0.15, -0.1) is 0 Å². The van der Waals surface area contributed by atoms with Crippen LogP contribution in [0.2, 0.25) is 0 Å². The molecule has 0 amide bonds. The Morgan fingerprint density at radius 2 is 1.62 bits per heavy atom. The quantitative estimate of drug-likeness (QED) is 0.367. The molecule has 0 unspecified atom stereocenters. The van der Waals surface area contributed by atoms with Crippen LogP contribution in [0.1, 0.15) is 51.4 Å². The highest BCUT2D eigenvalue weighted by molar-refractivity contribution is 6.23. The van der Waals surface area contributed by atoms with Crippen LogP contribution in [-0.4, -0.2) is 11.0 Å². The molecule has 0 atom stereocenters. The summed E-state index contributed by atoms with van der Waals surface area (Å²) in [6.07, 6.45) is 9.54. The van der Waals surface area contributed by atoms with Crippen molar-refractivity contribution in [2.75, 3.05) is 0 Å². The van der Waals surface area contributed by atoms with Crippen LogP contribution in [0.15, 0.2) is 10.2 Å². The SMILES string of the molecule is ClC1(N=NC2CCCC2)CCCC1. The first kappa shape index (κ1) is 9.45. The van der Waals surface area contributed by atoms with E-state index in [0.717, 1.165) is 12.8 Å². The maximum Gasteiger partial charge on any atom is 0.154 e. The molecule has 3 heteroatoms. The second-order valence-electron chi connectivity index (χ2n) is 4.28. The average Bonchev–Trinajstić information content (AvgIpc) is 2.72. The molecule has 0 aromatic carbocycles. The second-order valence-corrected chi connectivity index (χ2v) is 4.98. The van der Waals surface area contributed by atoms with Gasteiger partial charge in [0.25, 0.3) is 0 Å². The van der Waals surface area contributed by atoms with Gasteiger partial charge in [0.2, 0.25) is 0 Å². The number of rotatable bonds is 2. The minimum Gasteiger partial charge on any atom is -0.189 e. The average molecular weight is 201 g/mol. The lowest BCUT2D eigenvalue weighted by molar-refractivity contribution is 0.542. The van der Waals surface area contributed by atoms with Crippen LogP contribution in [0, 0.1) is 0 Å². The van der Waals surface area contributed by atoms with Crippen LogP contribution in [0.4, 0.5) is 0 Å². The number of alkyl halides is 1. The molecule has 0 spiro atoms. The highest BCUT2D eigenvalue weighted by atomic mass is 35.5. The highest BCUT2D eigenvalue weighted by Crippen LogP contribution is 2.37. The van der Waals surface area contributed by atoms with Crippen molar-refractivity contribution in [1.29, 1.82) is 0 Å². The minimum absolute atomic E-state index is 0.317. The second kappa shape index (κ2) is 3.95. The first-order chi connectivity index (χ1) is 6.29. The molecule has 2 saturated carbocycles. The van der Waals surface area contributed by atoms with E-state index in [1.807, 2.05) is 0 Å². The van der Waals surface area contributed by atoms with Gasteiger partial charge in [-0.2, -0.15) is 10.2 Å². The monoisotopic (exact) mass is 200 g/mol. The lowest BCUT2D eigenvalue weighted by Crippen LogP contribution is -2.12. The summed E-state index contributed by atoms with van der Waals surface area (Å²) in [7, 11) is 0. The van der Waals surface area contributed by atoms with Crippen molar-refractivity contribution >= 4 is 11.6 Å². The van der Waals surface area contributed by atoms with E-state index >= 15 is 0 Å². The van der Waals surface area contributed by atoms with Gasteiger partial charge in [-0.05, 0) is 38.5 Å². The van der Waals surface area contributed by atoms with Crippen LogP contribution in [0.25, 0.3) is 0 Å². The predicted molar refractivity (Wildman–Crippen MR) is 54.2 cm³/mol. The molecule has 2 aliphatic carbocycles. The molecule has 0 aliphatic heterocycles. The zero-order valence-electron chi connectivity index (χ0n) is 8.01. The normalized spacial score (nSPS) is 29.0. The van der Waals surface area contributed by atoms with Crippen LogP contribution >= 0.6 is 11.6 Å². The summed E-state index contributed by atoms with van der Waals surface area (Å²) < 4.78 is 0. The lowest BCUT2D eigenvalue weighted by atomic mass is 10.2. The molecule has 0 N–H and O–H groups in total. The number of azo groups is 1. The van der Waals surface area contributed by atoms with Crippen molar-refractivity contribution < 1.29 is 0 Å². The Labute approximate surface area is 84.8 Å². The minimum atomic E-state index is -0.317. The van der Waals surface area contributed by atoms with Crippen molar-refractivity contribution in [2.45, 2.75) is 62.4 Å². The van der Waals surface area contributed by atoms with E-state index in [2.05, 4.69) is 10.2 Å². The third-order valence-electron chi connectivity index (χ3n) is 3.09. The van der Waals surface area contributed by atoms with Crippen LogP contribution in [0.3, 0.4) is 0 Å². The van der Waals surface area contributed by atoms with E-state index in [4.69, 9.17) is 11.6 Å². The van der Waals surface area contributed by atoms with E-state index in [0.29, 0.717) is 6.04 Å². The Morgan fingerprint density at radius 1 is 1.00 bits per heavy atom. The van der Waals surface area contributed by atoms with Crippen LogP contribution in [0.5, 0.6) is 0 Å². The van der Waals surface area contributed by atoms with E-state index in [1.165, 1.54) is 38.5 Å². The van der Waals surface area contributed by atoms with Gasteiger partial charge >= 0.3 is 0 Å². The van der Waals surface area contributed by atoms with E-state index in [1.54, 1.807) is 0 Å². The molecule has 13 heavy (non-hydrogen) atoms. The smallest absolute Gasteiger partial charge is 0.154 e. The molecule has 0 heterocycles. The number of hydrogen-bond donors (Lipinski definition) is 0. The lowest BCUT2D eigenvalue weighted by Gasteiger charge is -2.13. The maximum absolute atomic E-state index is 6.29. The van der Waals surface area contributed by atoms with Gasteiger partial charge in [0.1, 0.15) is 0 Å². The van der Waals surface area contributed by atoms with Gasteiger partial charge < -0.3 is 0 Å². The van der Waals surface area contributed by atoms with Gasteiger partial charge in [0.15, 0.2) is 5.00 Å². The summed E-state index contributed by atoms with van der Waals surface area (Å²) >= 11 is 6.29. The summed E-state index contributed by atoms with van der Waals surface area (Å²) in [4.78, 5) is -0.317. The standard InChI is InChI=1S/C10H17ClN2/c11-10(7-3-4-8-10)13-12-9-5-1-2-6-9/h9H,1-8H2. The van der Waals surface area contributed by atoms with Crippen molar-refractivity contribution in [2.24, 2.45) is 10.2 Å². The molecule has 2 nitrogen and oxygen atoms in total. The van der Waals surface area contributed by atoms with Gasteiger partial charge in [0.05, 0.1) is 6.04 Å².